The van der Waals surface area contributed by atoms with Gasteiger partial charge in [0.15, 0.2) is 11.5 Å². The lowest BCUT2D eigenvalue weighted by atomic mass is 10.1. The second-order valence-corrected chi connectivity index (χ2v) is 5.62. The number of hydrogen-bond acceptors (Lipinski definition) is 3. The van der Waals surface area contributed by atoms with Gasteiger partial charge in [0.05, 0.1) is 13.7 Å². The molecule has 0 saturated carbocycles. The summed E-state index contributed by atoms with van der Waals surface area (Å²) in [7, 11) is 1.64. The molecule has 0 bridgehead atoms. The molecule has 0 aliphatic carbocycles. The number of hydrogen-bond donors (Lipinski definition) is 1. The Morgan fingerprint density at radius 2 is 2.00 bits per heavy atom. The van der Waals surface area contributed by atoms with Crippen LogP contribution in [0.25, 0.3) is 0 Å². The molecule has 0 spiro atoms. The van der Waals surface area contributed by atoms with E-state index in [1.165, 1.54) is 12.8 Å². The lowest BCUT2D eigenvalue weighted by Gasteiger charge is -2.17. The second-order valence-electron chi connectivity index (χ2n) is 5.19. The van der Waals surface area contributed by atoms with Gasteiger partial charge in [0, 0.05) is 29.2 Å². The molecule has 4 heteroatoms. The molecule has 0 radical (unpaired) electrons. The molecular weight excluding hydrogens is 274 g/mol. The minimum atomic E-state index is 0.410. The van der Waals surface area contributed by atoms with E-state index in [0.29, 0.717) is 23.4 Å². The predicted molar refractivity (Wildman–Crippen MR) is 85.0 cm³/mol. The van der Waals surface area contributed by atoms with Crippen LogP contribution in [-0.2, 0) is 6.54 Å². The Hall–Kier alpha value is -0.930. The van der Waals surface area contributed by atoms with Crippen molar-refractivity contribution in [2.45, 2.75) is 52.6 Å². The van der Waals surface area contributed by atoms with Crippen LogP contribution in [0.15, 0.2) is 12.1 Å². The van der Waals surface area contributed by atoms with Crippen LogP contribution in [0.1, 0.15) is 45.6 Å². The molecule has 0 aliphatic heterocycles. The van der Waals surface area contributed by atoms with Crippen LogP contribution < -0.4 is 14.8 Å². The zero-order valence-electron chi connectivity index (χ0n) is 13.0. The first kappa shape index (κ1) is 17.1. The predicted octanol–water partition coefficient (Wildman–Crippen LogP) is 4.42. The lowest BCUT2D eigenvalue weighted by molar-refractivity contribution is 0.282. The van der Waals surface area contributed by atoms with E-state index in [-0.39, 0.29) is 0 Å². The summed E-state index contributed by atoms with van der Waals surface area (Å²) >= 11 is 6.14. The molecule has 0 heterocycles. The van der Waals surface area contributed by atoms with Gasteiger partial charge < -0.3 is 14.8 Å². The van der Waals surface area contributed by atoms with Gasteiger partial charge in [-0.15, -0.1) is 0 Å². The topological polar surface area (TPSA) is 30.5 Å². The Kier molecular flexibility index (Phi) is 7.78. The number of nitrogens with one attached hydrogen (secondary N) is 1. The summed E-state index contributed by atoms with van der Waals surface area (Å²) in [5, 5.41) is 4.06. The molecule has 0 aliphatic rings. The fourth-order valence-corrected chi connectivity index (χ4v) is 2.14. The maximum Gasteiger partial charge on any atom is 0.165 e. The Balaban J connectivity index is 2.84. The van der Waals surface area contributed by atoms with E-state index in [9.17, 15) is 0 Å². The smallest absolute Gasteiger partial charge is 0.165 e. The maximum atomic E-state index is 6.14. The number of rotatable bonds is 9. The van der Waals surface area contributed by atoms with Gasteiger partial charge in [0.2, 0.25) is 0 Å². The summed E-state index contributed by atoms with van der Waals surface area (Å²) in [5.41, 5.74) is 1.04. The summed E-state index contributed by atoms with van der Waals surface area (Å²) in [4.78, 5) is 0. The Morgan fingerprint density at radius 1 is 1.25 bits per heavy atom. The number of unbranched alkanes of at least 4 members (excludes halogenated alkanes) is 2. The quantitative estimate of drug-likeness (QED) is 0.685. The van der Waals surface area contributed by atoms with Crippen molar-refractivity contribution in [1.29, 1.82) is 0 Å². The van der Waals surface area contributed by atoms with Crippen molar-refractivity contribution in [1.82, 2.24) is 5.32 Å². The van der Waals surface area contributed by atoms with Gasteiger partial charge in [0.25, 0.3) is 0 Å². The maximum absolute atomic E-state index is 6.14. The van der Waals surface area contributed by atoms with Crippen LogP contribution in [0.3, 0.4) is 0 Å². The summed E-state index contributed by atoms with van der Waals surface area (Å²) in [6, 6.07) is 4.15. The molecule has 114 valence electrons. The second kappa shape index (κ2) is 9.09. The third kappa shape index (κ3) is 5.59. The van der Waals surface area contributed by atoms with E-state index in [2.05, 4.69) is 26.1 Å². The molecular formula is C16H26ClNO2. The van der Waals surface area contributed by atoms with Crippen LogP contribution in [0.5, 0.6) is 11.5 Å². The van der Waals surface area contributed by atoms with Crippen molar-refractivity contribution in [2.24, 2.45) is 0 Å². The third-order valence-electron chi connectivity index (χ3n) is 3.01. The van der Waals surface area contributed by atoms with E-state index in [1.54, 1.807) is 13.2 Å². The highest BCUT2D eigenvalue weighted by atomic mass is 35.5. The molecule has 0 amide bonds. The largest absolute Gasteiger partial charge is 0.493 e. The van der Waals surface area contributed by atoms with E-state index in [4.69, 9.17) is 21.1 Å². The van der Waals surface area contributed by atoms with Gasteiger partial charge in [-0.3, -0.25) is 0 Å². The van der Waals surface area contributed by atoms with Crippen molar-refractivity contribution in [2.75, 3.05) is 13.7 Å². The highest BCUT2D eigenvalue weighted by Crippen LogP contribution is 2.35. The zero-order valence-corrected chi connectivity index (χ0v) is 13.7. The monoisotopic (exact) mass is 299 g/mol. The molecule has 0 atom stereocenters. The molecule has 0 saturated heterocycles. The summed E-state index contributed by atoms with van der Waals surface area (Å²) in [6.45, 7) is 7.84. The minimum absolute atomic E-state index is 0.410. The molecule has 1 aromatic carbocycles. The SMILES string of the molecule is CCCCCOc1c(CNC(C)C)cc(Cl)cc1OC. The number of halogens is 1. The van der Waals surface area contributed by atoms with Crippen molar-refractivity contribution in [3.05, 3.63) is 22.7 Å². The molecule has 20 heavy (non-hydrogen) atoms. The van der Waals surface area contributed by atoms with Gasteiger partial charge in [-0.2, -0.15) is 0 Å². The van der Waals surface area contributed by atoms with Crippen molar-refractivity contribution in [3.63, 3.8) is 0 Å². The van der Waals surface area contributed by atoms with Crippen LogP contribution in [0, 0.1) is 0 Å². The normalized spacial score (nSPS) is 10.9. The molecule has 1 rings (SSSR count). The fourth-order valence-electron chi connectivity index (χ4n) is 1.91. The van der Waals surface area contributed by atoms with E-state index < -0.39 is 0 Å². The van der Waals surface area contributed by atoms with Crippen LogP contribution in [-0.4, -0.2) is 19.8 Å². The minimum Gasteiger partial charge on any atom is -0.493 e. The number of methoxy groups -OCH3 is 1. The average molecular weight is 300 g/mol. The van der Waals surface area contributed by atoms with Crippen molar-refractivity contribution in [3.8, 4) is 11.5 Å². The number of ether oxygens (including phenoxy) is 2. The standard InChI is InChI=1S/C16H26ClNO2/c1-5-6-7-8-20-16-13(11-18-12(2)3)9-14(17)10-15(16)19-4/h9-10,12,18H,5-8,11H2,1-4H3. The van der Waals surface area contributed by atoms with Crippen LogP contribution in [0.2, 0.25) is 5.02 Å². The molecule has 1 N–H and O–H groups in total. The highest BCUT2D eigenvalue weighted by molar-refractivity contribution is 6.30. The molecule has 0 fully saturated rings. The van der Waals surface area contributed by atoms with Gasteiger partial charge in [-0.25, -0.2) is 0 Å². The summed E-state index contributed by atoms with van der Waals surface area (Å²) in [6.07, 6.45) is 3.41. The first-order valence-corrected chi connectivity index (χ1v) is 7.68. The van der Waals surface area contributed by atoms with Crippen molar-refractivity contribution < 1.29 is 9.47 Å². The lowest BCUT2D eigenvalue weighted by Crippen LogP contribution is -2.22. The van der Waals surface area contributed by atoms with Gasteiger partial charge in [-0.05, 0) is 12.5 Å². The van der Waals surface area contributed by atoms with Crippen LogP contribution >= 0.6 is 11.6 Å². The Morgan fingerprint density at radius 3 is 2.60 bits per heavy atom. The van der Waals surface area contributed by atoms with Crippen LogP contribution in [0.4, 0.5) is 0 Å². The van der Waals surface area contributed by atoms with Gasteiger partial charge in [0.1, 0.15) is 0 Å². The Labute approximate surface area is 127 Å². The van der Waals surface area contributed by atoms with E-state index in [1.807, 2.05) is 6.07 Å². The Bertz CT molecular complexity index is 408. The zero-order chi connectivity index (χ0) is 15.0. The van der Waals surface area contributed by atoms with E-state index in [0.717, 1.165) is 24.3 Å². The molecule has 3 nitrogen and oxygen atoms in total. The molecule has 1 aromatic rings. The van der Waals surface area contributed by atoms with E-state index >= 15 is 0 Å². The third-order valence-corrected chi connectivity index (χ3v) is 3.23. The number of benzene rings is 1. The highest BCUT2D eigenvalue weighted by Gasteiger charge is 2.13. The average Bonchev–Trinajstić information content (AvgIpc) is 2.42. The first-order chi connectivity index (χ1) is 9.58. The van der Waals surface area contributed by atoms with Gasteiger partial charge >= 0.3 is 0 Å². The molecule has 0 aromatic heterocycles. The van der Waals surface area contributed by atoms with Crippen molar-refractivity contribution >= 4 is 11.6 Å². The fraction of sp³-hybridized carbons (Fsp3) is 0.625. The summed E-state index contributed by atoms with van der Waals surface area (Å²) in [5.74, 6) is 1.51. The summed E-state index contributed by atoms with van der Waals surface area (Å²) < 4.78 is 11.3. The first-order valence-electron chi connectivity index (χ1n) is 7.31. The van der Waals surface area contributed by atoms with Gasteiger partial charge in [-0.1, -0.05) is 45.2 Å². The molecule has 0 unspecified atom stereocenters.